The van der Waals surface area contributed by atoms with Crippen LogP contribution < -0.4 is 10.1 Å². The summed E-state index contributed by atoms with van der Waals surface area (Å²) >= 11 is 5.86. The van der Waals surface area contributed by atoms with Crippen molar-refractivity contribution in [2.45, 2.75) is 6.92 Å². The van der Waals surface area contributed by atoms with Gasteiger partial charge in [-0.2, -0.15) is 0 Å². The van der Waals surface area contributed by atoms with Crippen LogP contribution in [0.3, 0.4) is 0 Å². The van der Waals surface area contributed by atoms with Crippen molar-refractivity contribution < 1.29 is 9.53 Å². The Morgan fingerprint density at radius 3 is 2.38 bits per heavy atom. The fourth-order valence-electron chi connectivity index (χ4n) is 2.31. The predicted molar refractivity (Wildman–Crippen MR) is 107 cm³/mol. The Hall–Kier alpha value is -3.04. The number of carbonyl (C=O) groups excluding carboxylic acids is 1. The first kappa shape index (κ1) is 17.8. The summed E-state index contributed by atoms with van der Waals surface area (Å²) in [5.41, 5.74) is 2.67. The van der Waals surface area contributed by atoms with Crippen LogP contribution in [0.4, 0.5) is 5.69 Å². The largest absolute Gasteiger partial charge is 0.455 e. The minimum Gasteiger partial charge on any atom is -0.455 e. The van der Waals surface area contributed by atoms with Gasteiger partial charge in [-0.05, 0) is 55.0 Å². The number of para-hydroxylation sites is 2. The molecule has 0 aliphatic heterocycles. The number of amides is 1. The summed E-state index contributed by atoms with van der Waals surface area (Å²) < 4.78 is 5.89. The first-order valence-electron chi connectivity index (χ1n) is 8.18. The number of aryl methyl sites for hydroxylation is 1. The molecule has 3 aromatic rings. The van der Waals surface area contributed by atoms with Gasteiger partial charge in [0.25, 0.3) is 0 Å². The van der Waals surface area contributed by atoms with Crippen LogP contribution in [0.1, 0.15) is 11.1 Å². The molecule has 0 spiro atoms. The van der Waals surface area contributed by atoms with E-state index in [-0.39, 0.29) is 5.91 Å². The molecule has 0 atom stereocenters. The lowest BCUT2D eigenvalue weighted by Gasteiger charge is -2.11. The molecule has 0 saturated carbocycles. The molecular formula is C22H18ClNO2. The number of ether oxygens (including phenoxy) is 1. The van der Waals surface area contributed by atoms with Gasteiger partial charge in [-0.25, -0.2) is 0 Å². The monoisotopic (exact) mass is 363 g/mol. The SMILES string of the molecule is Cc1ccc(Oc2ccccc2NC(=O)/C=C/c2ccc(Cl)cc2)cc1. The maximum atomic E-state index is 12.2. The molecule has 0 saturated heterocycles. The second-order valence-corrected chi connectivity index (χ2v) is 6.22. The van der Waals surface area contributed by atoms with Crippen molar-refractivity contribution in [3.63, 3.8) is 0 Å². The third-order valence-electron chi connectivity index (χ3n) is 3.69. The molecule has 1 N–H and O–H groups in total. The van der Waals surface area contributed by atoms with Crippen LogP contribution in [-0.2, 0) is 4.79 Å². The van der Waals surface area contributed by atoms with Crippen molar-refractivity contribution in [2.75, 3.05) is 5.32 Å². The molecule has 0 bridgehead atoms. The van der Waals surface area contributed by atoms with Crippen LogP contribution in [0.5, 0.6) is 11.5 Å². The lowest BCUT2D eigenvalue weighted by molar-refractivity contribution is -0.111. The zero-order chi connectivity index (χ0) is 18.4. The minimum atomic E-state index is -0.236. The summed E-state index contributed by atoms with van der Waals surface area (Å²) in [5.74, 6) is 1.07. The van der Waals surface area contributed by atoms with Gasteiger partial charge >= 0.3 is 0 Å². The predicted octanol–water partition coefficient (Wildman–Crippen LogP) is 6.09. The Balaban J connectivity index is 1.70. The number of benzene rings is 3. The van der Waals surface area contributed by atoms with Crippen molar-refractivity contribution in [1.29, 1.82) is 0 Å². The summed E-state index contributed by atoms with van der Waals surface area (Å²) in [6, 6.07) is 22.3. The maximum Gasteiger partial charge on any atom is 0.248 e. The van der Waals surface area contributed by atoms with Crippen LogP contribution in [0, 0.1) is 6.92 Å². The molecule has 0 heterocycles. The Bertz CT molecular complexity index is 916. The lowest BCUT2D eigenvalue weighted by Crippen LogP contribution is -2.08. The zero-order valence-electron chi connectivity index (χ0n) is 14.3. The van der Waals surface area contributed by atoms with E-state index >= 15 is 0 Å². The molecule has 4 heteroatoms. The molecule has 0 aliphatic carbocycles. The molecule has 0 radical (unpaired) electrons. The van der Waals surface area contributed by atoms with Gasteiger partial charge in [0.05, 0.1) is 5.69 Å². The van der Waals surface area contributed by atoms with Crippen molar-refractivity contribution in [3.05, 3.63) is 95.0 Å². The fourth-order valence-corrected chi connectivity index (χ4v) is 2.44. The molecule has 3 aromatic carbocycles. The van der Waals surface area contributed by atoms with Gasteiger partial charge in [0.1, 0.15) is 5.75 Å². The molecule has 0 unspecified atom stereocenters. The number of hydrogen-bond donors (Lipinski definition) is 1. The van der Waals surface area contributed by atoms with Crippen molar-refractivity contribution in [1.82, 2.24) is 0 Å². The van der Waals surface area contributed by atoms with E-state index in [0.29, 0.717) is 22.2 Å². The number of carbonyl (C=O) groups is 1. The van der Waals surface area contributed by atoms with E-state index in [1.54, 1.807) is 24.3 Å². The summed E-state index contributed by atoms with van der Waals surface area (Å²) in [7, 11) is 0. The summed E-state index contributed by atoms with van der Waals surface area (Å²) in [6.07, 6.45) is 3.21. The molecule has 26 heavy (non-hydrogen) atoms. The Morgan fingerprint density at radius 2 is 1.65 bits per heavy atom. The van der Waals surface area contributed by atoms with Crippen LogP contribution >= 0.6 is 11.6 Å². The highest BCUT2D eigenvalue weighted by Gasteiger charge is 2.06. The molecule has 0 fully saturated rings. The topological polar surface area (TPSA) is 38.3 Å². The van der Waals surface area contributed by atoms with E-state index in [9.17, 15) is 4.79 Å². The maximum absolute atomic E-state index is 12.2. The summed E-state index contributed by atoms with van der Waals surface area (Å²) in [6.45, 7) is 2.02. The van der Waals surface area contributed by atoms with Gasteiger partial charge in [0.2, 0.25) is 5.91 Å². The minimum absolute atomic E-state index is 0.236. The first-order chi connectivity index (χ1) is 12.6. The highest BCUT2D eigenvalue weighted by molar-refractivity contribution is 6.30. The number of rotatable bonds is 5. The average molecular weight is 364 g/mol. The number of anilines is 1. The van der Waals surface area contributed by atoms with Gasteiger partial charge in [-0.15, -0.1) is 0 Å². The average Bonchev–Trinajstić information content (AvgIpc) is 2.65. The quantitative estimate of drug-likeness (QED) is 0.557. The smallest absolute Gasteiger partial charge is 0.248 e. The second kappa shape index (κ2) is 8.37. The molecule has 3 nitrogen and oxygen atoms in total. The standard InChI is InChI=1S/C22H18ClNO2/c1-16-6-13-19(14-7-16)26-21-5-3-2-4-20(21)24-22(25)15-10-17-8-11-18(23)12-9-17/h2-15H,1H3,(H,24,25)/b15-10+. The molecule has 130 valence electrons. The van der Waals surface area contributed by atoms with Gasteiger partial charge in [-0.3, -0.25) is 4.79 Å². The molecule has 3 rings (SSSR count). The van der Waals surface area contributed by atoms with Crippen molar-refractivity contribution in [2.24, 2.45) is 0 Å². The third kappa shape index (κ3) is 4.98. The van der Waals surface area contributed by atoms with Crippen LogP contribution in [-0.4, -0.2) is 5.91 Å². The van der Waals surface area contributed by atoms with Crippen LogP contribution in [0.25, 0.3) is 6.08 Å². The number of halogens is 1. The molecular weight excluding hydrogens is 346 g/mol. The molecule has 0 aliphatic rings. The number of hydrogen-bond acceptors (Lipinski definition) is 2. The van der Waals surface area contributed by atoms with Gasteiger partial charge in [-0.1, -0.05) is 53.6 Å². The van der Waals surface area contributed by atoms with Crippen molar-refractivity contribution in [3.8, 4) is 11.5 Å². The Kier molecular flexibility index (Phi) is 5.72. The van der Waals surface area contributed by atoms with E-state index in [2.05, 4.69) is 5.32 Å². The van der Waals surface area contributed by atoms with Crippen LogP contribution in [0.15, 0.2) is 78.9 Å². The number of nitrogens with one attached hydrogen (secondary N) is 1. The molecule has 0 aromatic heterocycles. The lowest BCUT2D eigenvalue weighted by atomic mass is 10.2. The summed E-state index contributed by atoms with van der Waals surface area (Å²) in [4.78, 5) is 12.2. The van der Waals surface area contributed by atoms with Crippen molar-refractivity contribution >= 4 is 29.3 Å². The van der Waals surface area contributed by atoms with E-state index < -0.39 is 0 Å². The van der Waals surface area contributed by atoms with E-state index in [0.717, 1.165) is 11.1 Å². The normalized spacial score (nSPS) is 10.7. The Labute approximate surface area is 157 Å². The highest BCUT2D eigenvalue weighted by atomic mass is 35.5. The summed E-state index contributed by atoms with van der Waals surface area (Å²) in [5, 5.41) is 3.51. The second-order valence-electron chi connectivity index (χ2n) is 5.79. The van der Waals surface area contributed by atoms with E-state index in [1.807, 2.05) is 61.5 Å². The highest BCUT2D eigenvalue weighted by Crippen LogP contribution is 2.29. The third-order valence-corrected chi connectivity index (χ3v) is 3.94. The fraction of sp³-hybridized carbons (Fsp3) is 0.0455. The van der Waals surface area contributed by atoms with Crippen LogP contribution in [0.2, 0.25) is 5.02 Å². The van der Waals surface area contributed by atoms with Gasteiger partial charge in [0, 0.05) is 11.1 Å². The van der Waals surface area contributed by atoms with Gasteiger partial charge in [0.15, 0.2) is 5.75 Å². The van der Waals surface area contributed by atoms with Gasteiger partial charge < -0.3 is 10.1 Å². The zero-order valence-corrected chi connectivity index (χ0v) is 15.0. The Morgan fingerprint density at radius 1 is 0.962 bits per heavy atom. The first-order valence-corrected chi connectivity index (χ1v) is 8.56. The van der Waals surface area contributed by atoms with E-state index in [4.69, 9.17) is 16.3 Å². The molecule has 1 amide bonds. The van der Waals surface area contributed by atoms with E-state index in [1.165, 1.54) is 6.08 Å².